The van der Waals surface area contributed by atoms with Crippen LogP contribution in [-0.2, 0) is 19.6 Å². The maximum Gasteiger partial charge on any atom is 0.305 e. The summed E-state index contributed by atoms with van der Waals surface area (Å²) in [5.41, 5.74) is 4.91. The first-order chi connectivity index (χ1) is 8.10. The summed E-state index contributed by atoms with van der Waals surface area (Å²) in [5.74, 6) is -0.552. The highest BCUT2D eigenvalue weighted by atomic mass is 32.2. The molecule has 18 heavy (non-hydrogen) atoms. The van der Waals surface area contributed by atoms with Gasteiger partial charge in [0.2, 0.25) is 10.0 Å². The van der Waals surface area contributed by atoms with Gasteiger partial charge in [-0.05, 0) is 6.42 Å². The van der Waals surface area contributed by atoms with E-state index in [1.165, 1.54) is 7.11 Å². The molecule has 106 valence electrons. The molecule has 0 atom stereocenters. The Morgan fingerprint density at radius 2 is 2.00 bits per heavy atom. The molecule has 0 fully saturated rings. The molecular formula is C10H20N2O4S2. The van der Waals surface area contributed by atoms with Gasteiger partial charge in [0.1, 0.15) is 0 Å². The molecule has 0 heterocycles. The van der Waals surface area contributed by atoms with Crippen LogP contribution in [0.5, 0.6) is 0 Å². The first-order valence-corrected chi connectivity index (χ1v) is 7.51. The van der Waals surface area contributed by atoms with Gasteiger partial charge in [-0.25, -0.2) is 13.1 Å². The van der Waals surface area contributed by atoms with E-state index in [4.69, 9.17) is 18.0 Å². The number of hydrogen-bond acceptors (Lipinski definition) is 5. The van der Waals surface area contributed by atoms with Crippen LogP contribution in [0.25, 0.3) is 0 Å². The molecule has 0 radical (unpaired) electrons. The smallest absolute Gasteiger partial charge is 0.305 e. The second-order valence-corrected chi connectivity index (χ2v) is 6.93. The van der Waals surface area contributed by atoms with Crippen molar-refractivity contribution in [3.8, 4) is 0 Å². The molecule has 0 rings (SSSR count). The predicted octanol–water partition coefficient (Wildman–Crippen LogP) is 0.171. The predicted molar refractivity (Wildman–Crippen MR) is 73.6 cm³/mol. The number of ether oxygens (including phenoxy) is 1. The second kappa shape index (κ2) is 7.01. The van der Waals surface area contributed by atoms with Crippen molar-refractivity contribution in [2.75, 3.05) is 19.4 Å². The Labute approximate surface area is 113 Å². The summed E-state index contributed by atoms with van der Waals surface area (Å²) in [7, 11) is -2.16. The molecule has 0 aliphatic heterocycles. The van der Waals surface area contributed by atoms with E-state index in [0.717, 1.165) is 0 Å². The minimum absolute atomic E-state index is 0.0795. The summed E-state index contributed by atoms with van der Waals surface area (Å²) in [5, 5.41) is 0. The van der Waals surface area contributed by atoms with Crippen molar-refractivity contribution in [1.29, 1.82) is 0 Å². The Morgan fingerprint density at radius 1 is 1.44 bits per heavy atom. The van der Waals surface area contributed by atoms with Crippen molar-refractivity contribution >= 4 is 33.2 Å². The number of methoxy groups -OCH3 is 1. The summed E-state index contributed by atoms with van der Waals surface area (Å²) in [4.78, 5) is 11.1. The third-order valence-corrected chi connectivity index (χ3v) is 4.39. The summed E-state index contributed by atoms with van der Waals surface area (Å²) < 4.78 is 30.1. The van der Waals surface area contributed by atoms with Gasteiger partial charge in [0.15, 0.2) is 0 Å². The summed E-state index contributed by atoms with van der Waals surface area (Å²) >= 11 is 4.84. The highest BCUT2D eigenvalue weighted by Crippen LogP contribution is 2.14. The Morgan fingerprint density at radius 3 is 2.44 bits per heavy atom. The second-order valence-electron chi connectivity index (χ2n) is 4.57. The molecule has 3 N–H and O–H groups in total. The number of carbonyl (C=O) groups excluding carboxylic acids is 1. The number of nitrogens with two attached hydrogens (primary N) is 1. The highest BCUT2D eigenvalue weighted by molar-refractivity contribution is 7.89. The Hall–Kier alpha value is -0.730. The van der Waals surface area contributed by atoms with Crippen LogP contribution >= 0.6 is 12.2 Å². The van der Waals surface area contributed by atoms with E-state index in [0.29, 0.717) is 0 Å². The third-order valence-electron chi connectivity index (χ3n) is 2.42. The van der Waals surface area contributed by atoms with Gasteiger partial charge in [-0.2, -0.15) is 0 Å². The average molecular weight is 296 g/mol. The van der Waals surface area contributed by atoms with Crippen LogP contribution in [0.2, 0.25) is 0 Å². The lowest BCUT2D eigenvalue weighted by Crippen LogP contribution is -2.42. The van der Waals surface area contributed by atoms with Crippen LogP contribution in [-0.4, -0.2) is 38.8 Å². The van der Waals surface area contributed by atoms with Crippen molar-refractivity contribution in [3.05, 3.63) is 0 Å². The van der Waals surface area contributed by atoms with Gasteiger partial charge in [0.25, 0.3) is 0 Å². The summed E-state index contributed by atoms with van der Waals surface area (Å²) in [6.45, 7) is 3.65. The van der Waals surface area contributed by atoms with Gasteiger partial charge < -0.3 is 10.5 Å². The fraction of sp³-hybridized carbons (Fsp3) is 0.800. The molecule has 0 spiro atoms. The molecule has 0 aliphatic carbocycles. The fourth-order valence-corrected chi connectivity index (χ4v) is 2.28. The van der Waals surface area contributed by atoms with Gasteiger partial charge in [-0.1, -0.05) is 26.1 Å². The van der Waals surface area contributed by atoms with Crippen LogP contribution in [0.3, 0.4) is 0 Å². The van der Waals surface area contributed by atoms with Gasteiger partial charge in [-0.15, -0.1) is 0 Å². The molecule has 8 heteroatoms. The molecule has 0 amide bonds. The van der Waals surface area contributed by atoms with Gasteiger partial charge in [0, 0.05) is 18.4 Å². The average Bonchev–Trinajstić information content (AvgIpc) is 2.26. The van der Waals surface area contributed by atoms with Crippen LogP contribution < -0.4 is 10.5 Å². The first-order valence-electron chi connectivity index (χ1n) is 5.45. The largest absolute Gasteiger partial charge is 0.469 e. The fourth-order valence-electron chi connectivity index (χ4n) is 0.958. The monoisotopic (exact) mass is 296 g/mol. The maximum absolute atomic E-state index is 11.6. The van der Waals surface area contributed by atoms with Gasteiger partial charge >= 0.3 is 5.97 Å². The number of carbonyl (C=O) groups is 1. The van der Waals surface area contributed by atoms with Gasteiger partial charge in [-0.3, -0.25) is 4.79 Å². The zero-order valence-electron chi connectivity index (χ0n) is 10.9. The lowest BCUT2D eigenvalue weighted by molar-refractivity contribution is -0.140. The van der Waals surface area contributed by atoms with Gasteiger partial charge in [0.05, 0.1) is 17.9 Å². The molecule has 0 saturated carbocycles. The van der Waals surface area contributed by atoms with Crippen LogP contribution in [0.15, 0.2) is 0 Å². The molecule has 0 aromatic carbocycles. The number of thiocarbonyl (C=S) groups is 1. The summed E-state index contributed by atoms with van der Waals surface area (Å²) in [6.07, 6.45) is 0.297. The van der Waals surface area contributed by atoms with Crippen LogP contribution in [0.4, 0.5) is 0 Å². The molecule has 0 aromatic rings. The Balaban J connectivity index is 4.17. The van der Waals surface area contributed by atoms with Crippen LogP contribution in [0.1, 0.15) is 26.7 Å². The summed E-state index contributed by atoms with van der Waals surface area (Å²) in [6, 6.07) is 0. The van der Waals surface area contributed by atoms with Crippen molar-refractivity contribution in [1.82, 2.24) is 4.72 Å². The van der Waals surface area contributed by atoms with Crippen molar-refractivity contribution in [3.63, 3.8) is 0 Å². The number of rotatable bonds is 8. The van der Waals surface area contributed by atoms with E-state index in [9.17, 15) is 13.2 Å². The van der Waals surface area contributed by atoms with Crippen LogP contribution in [0, 0.1) is 5.41 Å². The molecule has 0 aromatic heterocycles. The lowest BCUT2D eigenvalue weighted by Gasteiger charge is -2.23. The lowest BCUT2D eigenvalue weighted by atomic mass is 9.94. The van der Waals surface area contributed by atoms with Crippen molar-refractivity contribution in [2.45, 2.75) is 26.7 Å². The standard InChI is InChI=1S/C10H20N2O4S2/c1-10(2,9(11)17)7-12-18(14,15)6-4-5-8(13)16-3/h12H,4-7H2,1-3H3,(H2,11,17). The molecule has 0 unspecified atom stereocenters. The number of sulfonamides is 1. The van der Waals surface area contributed by atoms with E-state index in [2.05, 4.69) is 9.46 Å². The van der Waals surface area contributed by atoms with Crippen molar-refractivity contribution in [2.24, 2.45) is 11.1 Å². The molecule has 0 aliphatic rings. The van der Waals surface area contributed by atoms with E-state index in [1.807, 2.05) is 0 Å². The van der Waals surface area contributed by atoms with E-state index < -0.39 is 21.4 Å². The molecule has 6 nitrogen and oxygen atoms in total. The highest BCUT2D eigenvalue weighted by Gasteiger charge is 2.24. The Kier molecular flexibility index (Phi) is 6.72. The number of nitrogens with one attached hydrogen (secondary N) is 1. The topological polar surface area (TPSA) is 98.5 Å². The first kappa shape index (κ1) is 17.3. The normalized spacial score (nSPS) is 12.2. The number of esters is 1. The zero-order valence-corrected chi connectivity index (χ0v) is 12.5. The minimum atomic E-state index is -3.43. The van der Waals surface area contributed by atoms with E-state index in [-0.39, 0.29) is 30.1 Å². The zero-order chi connectivity index (χ0) is 14.4. The minimum Gasteiger partial charge on any atom is -0.469 e. The van der Waals surface area contributed by atoms with E-state index >= 15 is 0 Å². The Bertz CT molecular complexity index is 404. The molecular weight excluding hydrogens is 276 g/mol. The molecule has 0 saturated heterocycles. The number of hydrogen-bond donors (Lipinski definition) is 2. The van der Waals surface area contributed by atoms with E-state index in [1.54, 1.807) is 13.8 Å². The van der Waals surface area contributed by atoms with Crippen molar-refractivity contribution < 1.29 is 17.9 Å². The third kappa shape index (κ3) is 6.87. The maximum atomic E-state index is 11.6. The quantitative estimate of drug-likeness (QED) is 0.489. The molecule has 0 bridgehead atoms. The SMILES string of the molecule is COC(=O)CCCS(=O)(=O)NCC(C)(C)C(N)=S.